The van der Waals surface area contributed by atoms with Crippen molar-refractivity contribution in [3.8, 4) is 0 Å². The second-order valence-electron chi connectivity index (χ2n) is 4.14. The quantitative estimate of drug-likeness (QED) is 0.782. The topological polar surface area (TPSA) is 92.9 Å². The van der Waals surface area contributed by atoms with E-state index in [1.165, 1.54) is 6.92 Å². The maximum Gasteiger partial charge on any atom is 0.222 e. The Labute approximate surface area is 111 Å². The summed E-state index contributed by atoms with van der Waals surface area (Å²) < 4.78 is 0. The van der Waals surface area contributed by atoms with Crippen LogP contribution in [-0.4, -0.2) is 15.9 Å². The lowest BCUT2D eigenvalue weighted by Gasteiger charge is -2.08. The third kappa shape index (κ3) is 3.67. The maximum absolute atomic E-state index is 10.9. The third-order valence-electron chi connectivity index (χ3n) is 2.35. The molecule has 6 nitrogen and oxygen atoms in total. The molecule has 6 heteroatoms. The van der Waals surface area contributed by atoms with Gasteiger partial charge in [-0.05, 0) is 31.2 Å². The first-order valence-electron chi connectivity index (χ1n) is 5.79. The number of nitrogens with one attached hydrogen (secondary N) is 2. The van der Waals surface area contributed by atoms with Gasteiger partial charge < -0.3 is 16.4 Å². The van der Waals surface area contributed by atoms with Crippen LogP contribution in [0.15, 0.2) is 30.3 Å². The van der Waals surface area contributed by atoms with Gasteiger partial charge in [0.05, 0.1) is 0 Å². The highest BCUT2D eigenvalue weighted by atomic mass is 16.1. The molecule has 0 unspecified atom stereocenters. The van der Waals surface area contributed by atoms with Crippen molar-refractivity contribution in [2.45, 2.75) is 13.8 Å². The number of amides is 1. The van der Waals surface area contributed by atoms with E-state index in [-0.39, 0.29) is 11.9 Å². The summed E-state index contributed by atoms with van der Waals surface area (Å²) >= 11 is 0. The molecular weight excluding hydrogens is 242 g/mol. The van der Waals surface area contributed by atoms with E-state index >= 15 is 0 Å². The van der Waals surface area contributed by atoms with E-state index in [9.17, 15) is 4.79 Å². The van der Waals surface area contributed by atoms with Gasteiger partial charge in [-0.25, -0.2) is 4.98 Å². The molecule has 0 fully saturated rings. The minimum absolute atomic E-state index is 0.0973. The van der Waals surface area contributed by atoms with E-state index in [2.05, 4.69) is 20.6 Å². The van der Waals surface area contributed by atoms with Crippen molar-refractivity contribution >= 4 is 29.0 Å². The van der Waals surface area contributed by atoms with Crippen molar-refractivity contribution in [1.29, 1.82) is 0 Å². The van der Waals surface area contributed by atoms with Crippen molar-refractivity contribution in [3.63, 3.8) is 0 Å². The number of carbonyl (C=O) groups excluding carboxylic acids is 1. The van der Waals surface area contributed by atoms with Crippen molar-refractivity contribution in [1.82, 2.24) is 9.97 Å². The smallest absolute Gasteiger partial charge is 0.222 e. The van der Waals surface area contributed by atoms with E-state index in [4.69, 9.17) is 5.73 Å². The molecule has 0 atom stereocenters. The number of benzene rings is 1. The minimum atomic E-state index is -0.0973. The molecule has 0 aliphatic rings. The number of aryl methyl sites for hydroxylation is 1. The summed E-state index contributed by atoms with van der Waals surface area (Å²) in [6.07, 6.45) is 0. The monoisotopic (exact) mass is 257 g/mol. The highest BCUT2D eigenvalue weighted by Crippen LogP contribution is 2.18. The number of hydrogen-bond donors (Lipinski definition) is 3. The van der Waals surface area contributed by atoms with Crippen molar-refractivity contribution in [2.75, 3.05) is 16.4 Å². The molecule has 4 N–H and O–H groups in total. The molecule has 0 radical (unpaired) electrons. The number of aromatic nitrogens is 2. The van der Waals surface area contributed by atoms with E-state index in [0.717, 1.165) is 17.1 Å². The molecule has 98 valence electrons. The highest BCUT2D eigenvalue weighted by molar-refractivity contribution is 5.88. The van der Waals surface area contributed by atoms with Crippen LogP contribution >= 0.6 is 0 Å². The Balaban J connectivity index is 2.12. The van der Waals surface area contributed by atoms with E-state index in [0.29, 0.717) is 5.82 Å². The van der Waals surface area contributed by atoms with Gasteiger partial charge in [-0.1, -0.05) is 0 Å². The zero-order valence-electron chi connectivity index (χ0n) is 10.8. The van der Waals surface area contributed by atoms with E-state index < -0.39 is 0 Å². The lowest BCUT2D eigenvalue weighted by molar-refractivity contribution is -0.114. The predicted octanol–water partition coefficient (Wildman–Crippen LogP) is 2.07. The van der Waals surface area contributed by atoms with Crippen molar-refractivity contribution in [3.05, 3.63) is 36.0 Å². The number of carbonyl (C=O) groups is 1. The Morgan fingerprint density at radius 1 is 1.16 bits per heavy atom. The van der Waals surface area contributed by atoms with Gasteiger partial charge in [0.25, 0.3) is 0 Å². The number of anilines is 4. The average molecular weight is 257 g/mol. The predicted molar refractivity (Wildman–Crippen MR) is 75.2 cm³/mol. The van der Waals surface area contributed by atoms with Crippen molar-refractivity contribution in [2.24, 2.45) is 0 Å². The van der Waals surface area contributed by atoms with Crippen LogP contribution in [0.4, 0.5) is 23.1 Å². The van der Waals surface area contributed by atoms with Crippen LogP contribution in [-0.2, 0) is 4.79 Å². The van der Waals surface area contributed by atoms with Crippen LogP contribution in [0.25, 0.3) is 0 Å². The molecule has 0 bridgehead atoms. The second kappa shape index (κ2) is 5.34. The van der Waals surface area contributed by atoms with Gasteiger partial charge in [-0.3, -0.25) is 4.79 Å². The van der Waals surface area contributed by atoms with E-state index in [1.807, 2.05) is 19.1 Å². The molecule has 1 aromatic carbocycles. The molecule has 0 aliphatic carbocycles. The SMILES string of the molecule is CC(=O)Nc1ccc(Nc2cc(C)nc(N)n2)cc1. The van der Waals surface area contributed by atoms with Crippen LogP contribution in [0.1, 0.15) is 12.6 Å². The third-order valence-corrected chi connectivity index (χ3v) is 2.35. The lowest BCUT2D eigenvalue weighted by Crippen LogP contribution is -2.05. The highest BCUT2D eigenvalue weighted by Gasteiger charge is 2.01. The standard InChI is InChI=1S/C13H15N5O/c1-8-7-12(18-13(14)15-8)17-11-5-3-10(4-6-11)16-9(2)19/h3-7H,1-2H3,(H,16,19)(H3,14,15,17,18). The number of nitrogens with zero attached hydrogens (tertiary/aromatic N) is 2. The number of hydrogen-bond acceptors (Lipinski definition) is 5. The van der Waals surface area contributed by atoms with Crippen LogP contribution < -0.4 is 16.4 Å². The normalized spacial score (nSPS) is 10.0. The van der Waals surface area contributed by atoms with Crippen LogP contribution in [0.5, 0.6) is 0 Å². The van der Waals surface area contributed by atoms with Gasteiger partial charge in [0.2, 0.25) is 11.9 Å². The first-order valence-corrected chi connectivity index (χ1v) is 5.79. The molecule has 1 amide bonds. The maximum atomic E-state index is 10.9. The largest absolute Gasteiger partial charge is 0.368 e. The summed E-state index contributed by atoms with van der Waals surface area (Å²) in [6, 6.07) is 9.11. The Morgan fingerprint density at radius 3 is 2.37 bits per heavy atom. The molecule has 1 heterocycles. The van der Waals surface area contributed by atoms with Crippen LogP contribution in [0.2, 0.25) is 0 Å². The zero-order chi connectivity index (χ0) is 13.8. The first kappa shape index (κ1) is 12.8. The number of nitrogens with two attached hydrogens (primary N) is 1. The molecule has 2 rings (SSSR count). The summed E-state index contributed by atoms with van der Waals surface area (Å²) in [5, 5.41) is 5.82. The fourth-order valence-corrected chi connectivity index (χ4v) is 1.64. The van der Waals surface area contributed by atoms with Gasteiger partial charge >= 0.3 is 0 Å². The van der Waals surface area contributed by atoms with Crippen LogP contribution in [0, 0.1) is 6.92 Å². The molecule has 0 spiro atoms. The Hall–Kier alpha value is -2.63. The first-order chi connectivity index (χ1) is 9.02. The molecule has 0 saturated heterocycles. The lowest BCUT2D eigenvalue weighted by atomic mass is 10.2. The average Bonchev–Trinajstić information content (AvgIpc) is 2.29. The van der Waals surface area contributed by atoms with Gasteiger partial charge in [-0.2, -0.15) is 4.98 Å². The fourth-order valence-electron chi connectivity index (χ4n) is 1.64. The minimum Gasteiger partial charge on any atom is -0.368 e. The van der Waals surface area contributed by atoms with Gasteiger partial charge in [0.15, 0.2) is 0 Å². The molecule has 19 heavy (non-hydrogen) atoms. The van der Waals surface area contributed by atoms with E-state index in [1.54, 1.807) is 18.2 Å². The molecule has 2 aromatic rings. The molecule has 0 aliphatic heterocycles. The number of nitrogen functional groups attached to an aromatic ring is 1. The second-order valence-corrected chi connectivity index (χ2v) is 4.14. The van der Waals surface area contributed by atoms with Gasteiger partial charge in [0.1, 0.15) is 5.82 Å². The summed E-state index contributed by atoms with van der Waals surface area (Å²) in [4.78, 5) is 19.0. The van der Waals surface area contributed by atoms with Gasteiger partial charge in [0, 0.05) is 30.1 Å². The van der Waals surface area contributed by atoms with Crippen molar-refractivity contribution < 1.29 is 4.79 Å². The van der Waals surface area contributed by atoms with Gasteiger partial charge in [-0.15, -0.1) is 0 Å². The fraction of sp³-hybridized carbons (Fsp3) is 0.154. The zero-order valence-corrected chi connectivity index (χ0v) is 10.8. The summed E-state index contributed by atoms with van der Waals surface area (Å²) in [5.74, 6) is 0.773. The summed E-state index contributed by atoms with van der Waals surface area (Å²) in [6.45, 7) is 3.32. The Kier molecular flexibility index (Phi) is 3.61. The molecule has 0 saturated carbocycles. The Morgan fingerprint density at radius 2 is 1.79 bits per heavy atom. The number of rotatable bonds is 3. The molecule has 1 aromatic heterocycles. The Bertz CT molecular complexity index is 574. The summed E-state index contributed by atoms with van der Waals surface area (Å²) in [5.41, 5.74) is 7.98. The van der Waals surface area contributed by atoms with Crippen LogP contribution in [0.3, 0.4) is 0 Å². The summed E-state index contributed by atoms with van der Waals surface area (Å²) in [7, 11) is 0. The molecular formula is C13H15N5O.